The van der Waals surface area contributed by atoms with Gasteiger partial charge < -0.3 is 26.4 Å². The number of aliphatic hydroxyl groups excluding tert-OH is 1. The third-order valence-electron chi connectivity index (χ3n) is 4.65. The summed E-state index contributed by atoms with van der Waals surface area (Å²) < 4.78 is 0. The van der Waals surface area contributed by atoms with Crippen LogP contribution in [0.3, 0.4) is 0 Å². The predicted octanol–water partition coefficient (Wildman–Crippen LogP) is -1.38. The van der Waals surface area contributed by atoms with Crippen LogP contribution >= 0.6 is 0 Å². The molecule has 0 aromatic rings. The normalized spacial score (nSPS) is 38.7. The number of carboxylic acids is 2. The number of hydrogen-bond acceptors (Lipinski definition) is 5. The molecule has 0 aliphatic heterocycles. The fraction of sp³-hybridized carbons (Fsp3) is 0.769. The van der Waals surface area contributed by atoms with Crippen molar-refractivity contribution in [2.24, 2.45) is 29.4 Å². The molecule has 2 saturated carbocycles. The summed E-state index contributed by atoms with van der Waals surface area (Å²) in [7, 11) is 0. The molecule has 2 aliphatic carbocycles. The van der Waals surface area contributed by atoms with Crippen LogP contribution in [0.25, 0.3) is 0 Å². The first-order valence-electron chi connectivity index (χ1n) is 6.85. The fourth-order valence-corrected chi connectivity index (χ4v) is 3.39. The molecule has 8 nitrogen and oxygen atoms in total. The molecule has 0 unspecified atom stereocenters. The molecule has 8 heteroatoms. The summed E-state index contributed by atoms with van der Waals surface area (Å²) >= 11 is 0. The van der Waals surface area contributed by atoms with Gasteiger partial charge in [-0.2, -0.15) is 0 Å². The smallest absolute Gasteiger partial charge is 0.329 e. The number of aliphatic hydroxyl groups is 1. The number of amides is 1. The van der Waals surface area contributed by atoms with Gasteiger partial charge in [-0.05, 0) is 5.92 Å². The second kappa shape index (κ2) is 4.96. The first-order valence-corrected chi connectivity index (χ1v) is 6.85. The van der Waals surface area contributed by atoms with Gasteiger partial charge in [0.15, 0.2) is 0 Å². The number of nitrogens with one attached hydrogen (secondary N) is 1. The number of aliphatic carboxylic acids is 2. The van der Waals surface area contributed by atoms with E-state index in [4.69, 9.17) is 10.8 Å². The summed E-state index contributed by atoms with van der Waals surface area (Å²) in [6.07, 6.45) is -1.25. The fourth-order valence-electron chi connectivity index (χ4n) is 3.39. The monoisotopic (exact) mass is 300 g/mol. The van der Waals surface area contributed by atoms with Gasteiger partial charge >= 0.3 is 11.9 Å². The van der Waals surface area contributed by atoms with Gasteiger partial charge in [0.2, 0.25) is 5.91 Å². The Balaban J connectivity index is 2.25. The van der Waals surface area contributed by atoms with Crippen molar-refractivity contribution >= 4 is 17.8 Å². The molecular weight excluding hydrogens is 280 g/mol. The highest BCUT2D eigenvalue weighted by Crippen LogP contribution is 2.62. The van der Waals surface area contributed by atoms with E-state index in [1.807, 2.05) is 0 Å². The zero-order valence-corrected chi connectivity index (χ0v) is 11.8. The molecule has 0 spiro atoms. The van der Waals surface area contributed by atoms with Crippen LogP contribution in [-0.2, 0) is 14.4 Å². The Morgan fingerprint density at radius 1 is 1.29 bits per heavy atom. The van der Waals surface area contributed by atoms with Crippen LogP contribution in [-0.4, -0.2) is 50.9 Å². The highest BCUT2D eigenvalue weighted by molar-refractivity contribution is 5.92. The Bertz CT molecular complexity index is 493. The van der Waals surface area contributed by atoms with E-state index in [0.29, 0.717) is 0 Å². The molecule has 0 saturated heterocycles. The van der Waals surface area contributed by atoms with Gasteiger partial charge in [-0.25, -0.2) is 4.79 Å². The van der Waals surface area contributed by atoms with Gasteiger partial charge in [0, 0.05) is 18.3 Å². The van der Waals surface area contributed by atoms with E-state index in [9.17, 15) is 24.6 Å². The lowest BCUT2D eigenvalue weighted by Crippen LogP contribution is -2.60. The molecule has 0 aromatic carbocycles. The number of carbonyl (C=O) groups excluding carboxylic acids is 1. The maximum atomic E-state index is 12.1. The Kier molecular flexibility index (Phi) is 3.71. The summed E-state index contributed by atoms with van der Waals surface area (Å²) in [5.74, 6) is -5.69. The van der Waals surface area contributed by atoms with Crippen molar-refractivity contribution < 1.29 is 29.7 Å². The second-order valence-electron chi connectivity index (χ2n) is 6.27. The van der Waals surface area contributed by atoms with E-state index in [1.54, 1.807) is 13.8 Å². The highest BCUT2D eigenvalue weighted by atomic mass is 16.4. The van der Waals surface area contributed by atoms with Crippen LogP contribution in [0.1, 0.15) is 20.3 Å². The first-order chi connectivity index (χ1) is 9.63. The number of nitrogens with two attached hydrogens (primary N) is 1. The van der Waals surface area contributed by atoms with E-state index in [1.165, 1.54) is 0 Å². The van der Waals surface area contributed by atoms with Gasteiger partial charge in [0.05, 0.1) is 18.1 Å². The molecule has 6 N–H and O–H groups in total. The summed E-state index contributed by atoms with van der Waals surface area (Å²) in [6, 6.07) is -0.889. The Hall–Kier alpha value is -1.67. The first kappa shape index (κ1) is 15.7. The zero-order valence-electron chi connectivity index (χ0n) is 11.8. The molecule has 21 heavy (non-hydrogen) atoms. The molecule has 0 heterocycles. The average molecular weight is 300 g/mol. The lowest BCUT2D eigenvalue weighted by molar-refractivity contribution is -0.151. The molecule has 2 aliphatic rings. The van der Waals surface area contributed by atoms with Gasteiger partial charge in [-0.15, -0.1) is 0 Å². The summed E-state index contributed by atoms with van der Waals surface area (Å²) in [5.41, 5.74) is 3.95. The van der Waals surface area contributed by atoms with Gasteiger partial charge in [-0.3, -0.25) is 9.59 Å². The molecular formula is C13H20N2O6. The van der Waals surface area contributed by atoms with Crippen molar-refractivity contribution in [2.75, 3.05) is 0 Å². The molecule has 0 radical (unpaired) electrons. The number of rotatable bonds is 5. The number of fused-ring (bicyclic) bond motifs is 1. The largest absolute Gasteiger partial charge is 0.481 e. The van der Waals surface area contributed by atoms with Crippen LogP contribution in [0.5, 0.6) is 0 Å². The van der Waals surface area contributed by atoms with Crippen molar-refractivity contribution in [1.82, 2.24) is 5.32 Å². The maximum absolute atomic E-state index is 12.1. The Morgan fingerprint density at radius 2 is 1.86 bits per heavy atom. The molecule has 6 atom stereocenters. The van der Waals surface area contributed by atoms with E-state index in [0.717, 1.165) is 0 Å². The Labute approximate surface area is 121 Å². The van der Waals surface area contributed by atoms with E-state index in [-0.39, 0.29) is 12.3 Å². The summed E-state index contributed by atoms with van der Waals surface area (Å²) in [4.78, 5) is 34.8. The van der Waals surface area contributed by atoms with Crippen molar-refractivity contribution in [3.05, 3.63) is 0 Å². The molecule has 2 fully saturated rings. The standard InChI is InChI=1S/C13H20N2O6/c1-4(2)9(14)10(17)15-13(12(20)21)3-5(16)6-7(8(6)13)11(18)19/h4-9,16H,3,14H2,1-2H3,(H,15,17)(H,18,19)(H,20,21)/t5-,6-,7-,8-,9-,13-/m0/s1. The lowest BCUT2D eigenvalue weighted by Gasteiger charge is -2.31. The minimum atomic E-state index is -1.75. The predicted molar refractivity (Wildman–Crippen MR) is 70.1 cm³/mol. The third-order valence-corrected chi connectivity index (χ3v) is 4.65. The molecule has 118 valence electrons. The highest BCUT2D eigenvalue weighted by Gasteiger charge is 2.75. The van der Waals surface area contributed by atoms with Crippen molar-refractivity contribution in [3.8, 4) is 0 Å². The molecule has 0 aromatic heterocycles. The van der Waals surface area contributed by atoms with Crippen molar-refractivity contribution in [3.63, 3.8) is 0 Å². The topological polar surface area (TPSA) is 150 Å². The minimum absolute atomic E-state index is 0.188. The summed E-state index contributed by atoms with van der Waals surface area (Å²) in [6.45, 7) is 3.45. The molecule has 0 bridgehead atoms. The third kappa shape index (κ3) is 2.28. The van der Waals surface area contributed by atoms with Crippen LogP contribution in [0, 0.1) is 23.7 Å². The number of hydrogen-bond donors (Lipinski definition) is 5. The van der Waals surface area contributed by atoms with Crippen molar-refractivity contribution in [2.45, 2.75) is 38.0 Å². The van der Waals surface area contributed by atoms with Gasteiger partial charge in [-0.1, -0.05) is 13.8 Å². The Morgan fingerprint density at radius 3 is 2.24 bits per heavy atom. The SMILES string of the molecule is CC(C)[C@H](N)C(=O)N[C@@]1(C(=O)O)C[C@H](O)[C@H]2[C@H](C(=O)O)[C@H]21. The number of carboxylic acid groups (broad SMARTS) is 2. The summed E-state index contributed by atoms with van der Waals surface area (Å²) in [5, 5.41) is 30.9. The van der Waals surface area contributed by atoms with Gasteiger partial charge in [0.1, 0.15) is 5.54 Å². The van der Waals surface area contributed by atoms with Crippen LogP contribution < -0.4 is 11.1 Å². The minimum Gasteiger partial charge on any atom is -0.481 e. The van der Waals surface area contributed by atoms with Crippen LogP contribution in [0.2, 0.25) is 0 Å². The quantitative estimate of drug-likeness (QED) is 0.420. The van der Waals surface area contributed by atoms with Gasteiger partial charge in [0.25, 0.3) is 0 Å². The van der Waals surface area contributed by atoms with Crippen molar-refractivity contribution in [1.29, 1.82) is 0 Å². The van der Waals surface area contributed by atoms with E-state index < -0.39 is 53.3 Å². The average Bonchev–Trinajstić information content (AvgIpc) is 3.06. The number of carbonyl (C=O) groups is 3. The van der Waals surface area contributed by atoms with E-state index >= 15 is 0 Å². The van der Waals surface area contributed by atoms with Crippen LogP contribution in [0.15, 0.2) is 0 Å². The maximum Gasteiger partial charge on any atom is 0.329 e. The van der Waals surface area contributed by atoms with Crippen LogP contribution in [0.4, 0.5) is 0 Å². The lowest BCUT2D eigenvalue weighted by atomic mass is 9.88. The zero-order chi connectivity index (χ0) is 16.1. The molecule has 2 rings (SSSR count). The molecule has 1 amide bonds. The second-order valence-corrected chi connectivity index (χ2v) is 6.27. The van der Waals surface area contributed by atoms with E-state index in [2.05, 4.69) is 5.32 Å².